The van der Waals surface area contributed by atoms with Crippen molar-refractivity contribution in [3.63, 3.8) is 0 Å². The molecule has 0 aliphatic heterocycles. The van der Waals surface area contributed by atoms with E-state index in [2.05, 4.69) is 0 Å². The average molecular weight is 147 g/mol. The summed E-state index contributed by atoms with van der Waals surface area (Å²) in [5.74, 6) is -2.38. The molecule has 0 heterocycles. The third-order valence-corrected chi connectivity index (χ3v) is 1.92. The minimum Gasteiger partial charge on any atom is -0.207 e. The number of halogens is 2. The maximum Gasteiger partial charge on any atom is 0.248 e. The summed E-state index contributed by atoms with van der Waals surface area (Å²) in [6, 6.07) is 0. The summed E-state index contributed by atoms with van der Waals surface area (Å²) in [6.45, 7) is 0. The standard InChI is InChI=1S/C8H13F2/c9-8(10)6-4-2-1-3-5-7-8/h2H,1,3-7H2. The van der Waals surface area contributed by atoms with E-state index in [-0.39, 0.29) is 12.8 Å². The molecule has 0 atom stereocenters. The van der Waals surface area contributed by atoms with Crippen LogP contribution in [0.25, 0.3) is 0 Å². The molecule has 0 nitrogen and oxygen atoms in total. The lowest BCUT2D eigenvalue weighted by molar-refractivity contribution is -0.0205. The van der Waals surface area contributed by atoms with Gasteiger partial charge in [-0.25, -0.2) is 8.78 Å². The predicted octanol–water partition coefficient (Wildman–Crippen LogP) is 3.18. The van der Waals surface area contributed by atoms with E-state index >= 15 is 0 Å². The van der Waals surface area contributed by atoms with Gasteiger partial charge in [-0.3, -0.25) is 0 Å². The zero-order valence-electron chi connectivity index (χ0n) is 6.08. The predicted molar refractivity (Wildman–Crippen MR) is 36.9 cm³/mol. The minimum atomic E-state index is -2.38. The molecular formula is C8H13F2. The molecule has 0 aromatic rings. The van der Waals surface area contributed by atoms with Crippen molar-refractivity contribution < 1.29 is 8.78 Å². The van der Waals surface area contributed by atoms with Crippen molar-refractivity contribution in [2.75, 3.05) is 0 Å². The summed E-state index contributed by atoms with van der Waals surface area (Å²) in [5, 5.41) is 0. The highest BCUT2D eigenvalue weighted by atomic mass is 19.3. The van der Waals surface area contributed by atoms with Crippen LogP contribution in [0.3, 0.4) is 0 Å². The number of alkyl halides is 2. The van der Waals surface area contributed by atoms with Gasteiger partial charge in [0.25, 0.3) is 0 Å². The van der Waals surface area contributed by atoms with E-state index in [1.807, 2.05) is 6.42 Å². The van der Waals surface area contributed by atoms with Crippen molar-refractivity contribution in [2.45, 2.75) is 44.4 Å². The summed E-state index contributed by atoms with van der Waals surface area (Å²) in [4.78, 5) is 0. The fourth-order valence-corrected chi connectivity index (χ4v) is 1.25. The molecule has 0 spiro atoms. The summed E-state index contributed by atoms with van der Waals surface area (Å²) < 4.78 is 25.2. The first kappa shape index (κ1) is 7.96. The Morgan fingerprint density at radius 1 is 1.00 bits per heavy atom. The molecule has 0 saturated heterocycles. The van der Waals surface area contributed by atoms with Crippen LogP contribution in [-0.4, -0.2) is 5.92 Å². The van der Waals surface area contributed by atoms with Gasteiger partial charge in [0, 0.05) is 12.8 Å². The van der Waals surface area contributed by atoms with Crippen molar-refractivity contribution in [2.24, 2.45) is 0 Å². The van der Waals surface area contributed by atoms with E-state index < -0.39 is 5.92 Å². The van der Waals surface area contributed by atoms with Crippen LogP contribution in [-0.2, 0) is 0 Å². The minimum absolute atomic E-state index is 0.0625. The van der Waals surface area contributed by atoms with E-state index in [1.54, 1.807) is 0 Å². The normalized spacial score (nSPS) is 27.0. The number of hydrogen-bond acceptors (Lipinski definition) is 0. The molecule has 59 valence electrons. The van der Waals surface area contributed by atoms with Crippen LogP contribution >= 0.6 is 0 Å². The fourth-order valence-electron chi connectivity index (χ4n) is 1.25. The second-order valence-electron chi connectivity index (χ2n) is 2.93. The van der Waals surface area contributed by atoms with Crippen LogP contribution in [0.4, 0.5) is 8.78 Å². The van der Waals surface area contributed by atoms with E-state index in [1.165, 1.54) is 0 Å². The highest BCUT2D eigenvalue weighted by Gasteiger charge is 2.28. The van der Waals surface area contributed by atoms with Crippen LogP contribution in [0.15, 0.2) is 0 Å². The highest BCUT2D eigenvalue weighted by Crippen LogP contribution is 2.30. The van der Waals surface area contributed by atoms with Gasteiger partial charge < -0.3 is 0 Å². The van der Waals surface area contributed by atoms with Gasteiger partial charge in [0.05, 0.1) is 0 Å². The molecule has 2 heteroatoms. The second-order valence-corrected chi connectivity index (χ2v) is 2.93. The Morgan fingerprint density at radius 3 is 2.60 bits per heavy atom. The zero-order chi connectivity index (χ0) is 7.45. The Hall–Kier alpha value is -0.140. The lowest BCUT2D eigenvalue weighted by atomic mass is 9.98. The van der Waals surface area contributed by atoms with Gasteiger partial charge in [-0.1, -0.05) is 12.8 Å². The molecule has 1 aliphatic carbocycles. The number of rotatable bonds is 0. The molecule has 1 rings (SSSR count). The average Bonchev–Trinajstić information content (AvgIpc) is 1.81. The van der Waals surface area contributed by atoms with Crippen LogP contribution in [0.2, 0.25) is 0 Å². The summed E-state index contributed by atoms with van der Waals surface area (Å²) in [6.07, 6.45) is 5.38. The molecule has 1 radical (unpaired) electrons. The van der Waals surface area contributed by atoms with Gasteiger partial charge in [0.2, 0.25) is 5.92 Å². The third kappa shape index (κ3) is 2.63. The molecule has 1 fully saturated rings. The molecule has 1 aliphatic rings. The van der Waals surface area contributed by atoms with Crippen molar-refractivity contribution in [1.29, 1.82) is 0 Å². The molecule has 0 unspecified atom stereocenters. The first-order valence-electron chi connectivity index (χ1n) is 3.90. The summed E-state index contributed by atoms with van der Waals surface area (Å²) >= 11 is 0. The molecule has 0 aromatic carbocycles. The quantitative estimate of drug-likeness (QED) is 0.493. The Morgan fingerprint density at radius 2 is 1.80 bits per heavy atom. The molecule has 0 amide bonds. The summed E-state index contributed by atoms with van der Waals surface area (Å²) in [7, 11) is 0. The Kier molecular flexibility index (Phi) is 2.64. The van der Waals surface area contributed by atoms with Crippen molar-refractivity contribution in [3.8, 4) is 0 Å². The van der Waals surface area contributed by atoms with Crippen LogP contribution in [0, 0.1) is 6.42 Å². The topological polar surface area (TPSA) is 0 Å². The maximum absolute atomic E-state index is 12.6. The van der Waals surface area contributed by atoms with Gasteiger partial charge >= 0.3 is 0 Å². The fraction of sp³-hybridized carbons (Fsp3) is 0.875. The molecular weight excluding hydrogens is 134 g/mol. The molecule has 0 aromatic heterocycles. The van der Waals surface area contributed by atoms with E-state index in [9.17, 15) is 8.78 Å². The van der Waals surface area contributed by atoms with Gasteiger partial charge in [0.1, 0.15) is 0 Å². The van der Waals surface area contributed by atoms with E-state index in [0.717, 1.165) is 12.8 Å². The van der Waals surface area contributed by atoms with Gasteiger partial charge in [-0.2, -0.15) is 0 Å². The van der Waals surface area contributed by atoms with Crippen LogP contribution in [0.1, 0.15) is 38.5 Å². The first-order chi connectivity index (χ1) is 4.71. The monoisotopic (exact) mass is 147 g/mol. The van der Waals surface area contributed by atoms with Gasteiger partial charge in [-0.15, -0.1) is 0 Å². The SMILES string of the molecule is FC1(F)CC[CH]CCCC1. The second kappa shape index (κ2) is 3.31. The van der Waals surface area contributed by atoms with Crippen LogP contribution in [0.5, 0.6) is 0 Å². The maximum atomic E-state index is 12.6. The van der Waals surface area contributed by atoms with Gasteiger partial charge in [-0.05, 0) is 19.3 Å². The molecule has 10 heavy (non-hydrogen) atoms. The first-order valence-corrected chi connectivity index (χ1v) is 3.90. The lowest BCUT2D eigenvalue weighted by Gasteiger charge is -2.18. The third-order valence-electron chi connectivity index (χ3n) is 1.92. The molecule has 0 bridgehead atoms. The molecule has 0 N–H and O–H groups in total. The van der Waals surface area contributed by atoms with E-state index in [0.29, 0.717) is 12.8 Å². The largest absolute Gasteiger partial charge is 0.248 e. The smallest absolute Gasteiger partial charge is 0.207 e. The summed E-state index contributed by atoms with van der Waals surface area (Å²) in [5.41, 5.74) is 0. The van der Waals surface area contributed by atoms with Crippen molar-refractivity contribution in [1.82, 2.24) is 0 Å². The van der Waals surface area contributed by atoms with Gasteiger partial charge in [0.15, 0.2) is 0 Å². The zero-order valence-corrected chi connectivity index (χ0v) is 6.08. The van der Waals surface area contributed by atoms with Crippen molar-refractivity contribution >= 4 is 0 Å². The van der Waals surface area contributed by atoms with Crippen molar-refractivity contribution in [3.05, 3.63) is 6.42 Å². The Labute approximate surface area is 60.6 Å². The van der Waals surface area contributed by atoms with E-state index in [4.69, 9.17) is 0 Å². The highest BCUT2D eigenvalue weighted by molar-refractivity contribution is 4.76. The Balaban J connectivity index is 2.30. The molecule has 1 saturated carbocycles. The van der Waals surface area contributed by atoms with Crippen LogP contribution < -0.4 is 0 Å². The Bertz CT molecular complexity index is 89.4. The lowest BCUT2D eigenvalue weighted by Crippen LogP contribution is -2.16. The number of hydrogen-bond donors (Lipinski definition) is 0.